The van der Waals surface area contributed by atoms with Crippen molar-refractivity contribution in [2.75, 3.05) is 0 Å². The largest absolute Gasteiger partial charge is 0.393 e. The normalized spacial score (nSPS) is 21.9. The summed E-state index contributed by atoms with van der Waals surface area (Å²) in [5.41, 5.74) is -1.57. The molecule has 1 aromatic carbocycles. The number of hydrogen-bond acceptors (Lipinski definition) is 4. The smallest absolute Gasteiger partial charge is 0.307 e. The fraction of sp³-hybridized carbons (Fsp3) is 0.462. The number of carbonyl (C=O) groups excluding carboxylic acids is 1. The number of amides is 1. The van der Waals surface area contributed by atoms with E-state index in [0.717, 1.165) is 0 Å². The van der Waals surface area contributed by atoms with Crippen LogP contribution in [-0.4, -0.2) is 28.1 Å². The maximum Gasteiger partial charge on any atom is 0.307 e. The third-order valence-corrected chi connectivity index (χ3v) is 3.51. The Hall–Kier alpha value is -2.09. The zero-order chi connectivity index (χ0) is 15.6. The number of nitrogens with zero attached hydrogens (tertiary/aromatic N) is 1. The second-order valence-corrected chi connectivity index (χ2v) is 5.02. The van der Waals surface area contributed by atoms with Gasteiger partial charge in [0.2, 0.25) is 5.82 Å². The minimum absolute atomic E-state index is 0.224. The number of carbonyl (C=O) groups is 1. The fourth-order valence-electron chi connectivity index (χ4n) is 2.33. The van der Waals surface area contributed by atoms with E-state index in [1.165, 1.54) is 0 Å². The van der Waals surface area contributed by atoms with E-state index < -0.39 is 39.8 Å². The van der Waals surface area contributed by atoms with Crippen molar-refractivity contribution < 1.29 is 23.6 Å². The molecule has 0 radical (unpaired) electrons. The number of hydrogen-bond donors (Lipinski definition) is 2. The number of halogens is 2. The van der Waals surface area contributed by atoms with Gasteiger partial charge in [-0.15, -0.1) is 0 Å². The van der Waals surface area contributed by atoms with Crippen molar-refractivity contribution in [1.82, 2.24) is 5.32 Å². The first-order chi connectivity index (χ1) is 9.88. The van der Waals surface area contributed by atoms with E-state index in [-0.39, 0.29) is 6.04 Å². The summed E-state index contributed by atoms with van der Waals surface area (Å²) in [6, 6.07) is 0.702. The molecule has 1 aliphatic carbocycles. The van der Waals surface area contributed by atoms with Gasteiger partial charge in [-0.1, -0.05) is 0 Å². The van der Waals surface area contributed by atoms with Gasteiger partial charge < -0.3 is 10.4 Å². The number of benzene rings is 1. The molecule has 114 valence electrons. The van der Waals surface area contributed by atoms with Gasteiger partial charge in [0.15, 0.2) is 0 Å². The molecule has 0 spiro atoms. The Balaban J connectivity index is 2.12. The molecule has 2 rings (SSSR count). The van der Waals surface area contributed by atoms with Crippen molar-refractivity contribution >= 4 is 11.6 Å². The van der Waals surface area contributed by atoms with Gasteiger partial charge in [0.05, 0.1) is 22.7 Å². The molecule has 2 N–H and O–H groups in total. The fourth-order valence-corrected chi connectivity index (χ4v) is 2.33. The summed E-state index contributed by atoms with van der Waals surface area (Å²) < 4.78 is 27.1. The SMILES string of the molecule is O=C(NC1CCC(O)CC1)c1cc(F)c([N+](=O)[O-])cc1F. The molecule has 0 unspecified atom stereocenters. The molecule has 0 aliphatic heterocycles. The van der Waals surface area contributed by atoms with Gasteiger partial charge in [-0.05, 0) is 31.7 Å². The number of nitro groups is 1. The van der Waals surface area contributed by atoms with Crippen molar-refractivity contribution in [2.45, 2.75) is 37.8 Å². The first-order valence-corrected chi connectivity index (χ1v) is 6.51. The van der Waals surface area contributed by atoms with Crippen LogP contribution >= 0.6 is 0 Å². The van der Waals surface area contributed by atoms with E-state index in [4.69, 9.17) is 0 Å². The first kappa shape index (κ1) is 15.3. The lowest BCUT2D eigenvalue weighted by molar-refractivity contribution is -0.387. The van der Waals surface area contributed by atoms with Crippen molar-refractivity contribution in [1.29, 1.82) is 0 Å². The summed E-state index contributed by atoms with van der Waals surface area (Å²) in [5.74, 6) is -3.22. The van der Waals surface area contributed by atoms with Crippen LogP contribution < -0.4 is 5.32 Å². The van der Waals surface area contributed by atoms with E-state index in [1.807, 2.05) is 0 Å². The van der Waals surface area contributed by atoms with E-state index in [0.29, 0.717) is 37.8 Å². The lowest BCUT2D eigenvalue weighted by Crippen LogP contribution is -2.39. The number of nitro benzene ring substituents is 1. The molecule has 0 saturated heterocycles. The third kappa shape index (κ3) is 3.52. The topological polar surface area (TPSA) is 92.5 Å². The summed E-state index contributed by atoms with van der Waals surface area (Å²) in [6.45, 7) is 0. The minimum Gasteiger partial charge on any atom is -0.393 e. The molecule has 1 aliphatic rings. The van der Waals surface area contributed by atoms with Crippen LogP contribution in [0.4, 0.5) is 14.5 Å². The number of aliphatic hydroxyl groups is 1. The van der Waals surface area contributed by atoms with Crippen molar-refractivity contribution in [3.8, 4) is 0 Å². The van der Waals surface area contributed by atoms with E-state index in [2.05, 4.69) is 5.32 Å². The Labute approximate surface area is 118 Å². The van der Waals surface area contributed by atoms with Crippen molar-refractivity contribution in [3.05, 3.63) is 39.4 Å². The molecule has 1 saturated carbocycles. The van der Waals surface area contributed by atoms with Gasteiger partial charge >= 0.3 is 5.69 Å². The standard InChI is InChI=1S/C13H14F2N2O4/c14-10-6-12(17(20)21)11(15)5-9(10)13(19)16-7-1-3-8(18)4-2-7/h5-8,18H,1-4H2,(H,16,19). The highest BCUT2D eigenvalue weighted by molar-refractivity contribution is 5.95. The first-order valence-electron chi connectivity index (χ1n) is 6.51. The molecule has 1 amide bonds. The summed E-state index contributed by atoms with van der Waals surface area (Å²) in [5, 5.41) is 22.4. The van der Waals surface area contributed by atoms with Gasteiger partial charge in [-0.2, -0.15) is 4.39 Å². The maximum atomic E-state index is 13.7. The predicted octanol–water partition coefficient (Wildman–Crippen LogP) is 1.91. The van der Waals surface area contributed by atoms with Gasteiger partial charge in [-0.25, -0.2) is 4.39 Å². The van der Waals surface area contributed by atoms with Gasteiger partial charge in [0.1, 0.15) is 5.82 Å². The van der Waals surface area contributed by atoms with Crippen LogP contribution in [0.25, 0.3) is 0 Å². The molecule has 1 aromatic rings. The summed E-state index contributed by atoms with van der Waals surface area (Å²) >= 11 is 0. The van der Waals surface area contributed by atoms with Crippen molar-refractivity contribution in [3.63, 3.8) is 0 Å². The molecular weight excluding hydrogens is 286 g/mol. The molecule has 21 heavy (non-hydrogen) atoms. The molecule has 0 bridgehead atoms. The second kappa shape index (κ2) is 6.13. The highest BCUT2D eigenvalue weighted by atomic mass is 19.1. The van der Waals surface area contributed by atoms with Crippen LogP contribution in [0.15, 0.2) is 12.1 Å². The summed E-state index contributed by atoms with van der Waals surface area (Å²) in [6.07, 6.45) is 1.75. The molecule has 1 fully saturated rings. The van der Waals surface area contributed by atoms with E-state index in [1.54, 1.807) is 0 Å². The quantitative estimate of drug-likeness (QED) is 0.658. The Morgan fingerprint density at radius 2 is 1.86 bits per heavy atom. The van der Waals surface area contributed by atoms with Gasteiger partial charge in [-0.3, -0.25) is 14.9 Å². The average molecular weight is 300 g/mol. The van der Waals surface area contributed by atoms with E-state index in [9.17, 15) is 28.8 Å². The lowest BCUT2D eigenvalue weighted by atomic mass is 9.93. The number of nitrogens with one attached hydrogen (secondary N) is 1. The molecule has 0 aromatic heterocycles. The summed E-state index contributed by atoms with van der Waals surface area (Å²) in [7, 11) is 0. The number of aliphatic hydroxyl groups excluding tert-OH is 1. The molecule has 8 heteroatoms. The Bertz CT molecular complexity index is 572. The van der Waals surface area contributed by atoms with Gasteiger partial charge in [0.25, 0.3) is 5.91 Å². The summed E-state index contributed by atoms with van der Waals surface area (Å²) in [4.78, 5) is 21.3. The molecule has 6 nitrogen and oxygen atoms in total. The van der Waals surface area contributed by atoms with Crippen LogP contribution in [0, 0.1) is 21.7 Å². The Kier molecular flexibility index (Phi) is 4.46. The minimum atomic E-state index is -1.26. The van der Waals surface area contributed by atoms with Crippen LogP contribution in [0.3, 0.4) is 0 Å². The maximum absolute atomic E-state index is 13.7. The third-order valence-electron chi connectivity index (χ3n) is 3.51. The van der Waals surface area contributed by atoms with Gasteiger partial charge in [0, 0.05) is 6.04 Å². The van der Waals surface area contributed by atoms with Crippen LogP contribution in [0.5, 0.6) is 0 Å². The molecular formula is C13H14F2N2O4. The van der Waals surface area contributed by atoms with Crippen LogP contribution in [-0.2, 0) is 0 Å². The average Bonchev–Trinajstić information content (AvgIpc) is 2.43. The Morgan fingerprint density at radius 1 is 1.24 bits per heavy atom. The molecule has 0 atom stereocenters. The highest BCUT2D eigenvalue weighted by Crippen LogP contribution is 2.23. The lowest BCUT2D eigenvalue weighted by Gasteiger charge is -2.26. The van der Waals surface area contributed by atoms with Crippen LogP contribution in [0.2, 0.25) is 0 Å². The van der Waals surface area contributed by atoms with Crippen molar-refractivity contribution in [2.24, 2.45) is 0 Å². The zero-order valence-electron chi connectivity index (χ0n) is 11.0. The predicted molar refractivity (Wildman–Crippen MR) is 68.7 cm³/mol. The zero-order valence-corrected chi connectivity index (χ0v) is 11.0. The van der Waals surface area contributed by atoms with Crippen LogP contribution in [0.1, 0.15) is 36.0 Å². The second-order valence-electron chi connectivity index (χ2n) is 5.02. The highest BCUT2D eigenvalue weighted by Gasteiger charge is 2.25. The van der Waals surface area contributed by atoms with E-state index >= 15 is 0 Å². The monoisotopic (exact) mass is 300 g/mol. The number of rotatable bonds is 3. The molecule has 0 heterocycles. The Morgan fingerprint density at radius 3 is 2.43 bits per heavy atom.